The summed E-state index contributed by atoms with van der Waals surface area (Å²) in [4.78, 5) is 0.213. The third kappa shape index (κ3) is 4.03. The average Bonchev–Trinajstić information content (AvgIpc) is 2.51. The summed E-state index contributed by atoms with van der Waals surface area (Å²) >= 11 is 16.1. The first kappa shape index (κ1) is 16.9. The fraction of sp³-hybridized carbons (Fsp3) is 0.333. The van der Waals surface area contributed by atoms with Crippen molar-refractivity contribution in [1.29, 1.82) is 0 Å². The summed E-state index contributed by atoms with van der Waals surface area (Å²) in [7, 11) is 0. The Morgan fingerprint density at radius 1 is 0.952 bits per heavy atom. The molecule has 0 saturated carbocycles. The number of benzene rings is 2. The van der Waals surface area contributed by atoms with Gasteiger partial charge in [0.15, 0.2) is 0 Å². The van der Waals surface area contributed by atoms with Crippen LogP contribution in [0.25, 0.3) is 0 Å². The van der Waals surface area contributed by atoms with Crippen LogP contribution in [0.1, 0.15) is 42.1 Å². The molecule has 0 heterocycles. The van der Waals surface area contributed by atoms with Gasteiger partial charge in [0.25, 0.3) is 0 Å². The summed E-state index contributed by atoms with van der Waals surface area (Å²) in [6.45, 7) is 4.53. The Balaban J connectivity index is 2.38. The van der Waals surface area contributed by atoms with Gasteiger partial charge >= 0.3 is 0 Å². The molecule has 21 heavy (non-hydrogen) atoms. The predicted octanol–water partition coefficient (Wildman–Crippen LogP) is 7.26. The molecular formula is C18H19BrCl2. The highest BCUT2D eigenvalue weighted by Crippen LogP contribution is 2.44. The second kappa shape index (κ2) is 7.67. The zero-order valence-electron chi connectivity index (χ0n) is 12.2. The molecule has 0 aliphatic rings. The maximum atomic E-state index is 6.17. The quantitative estimate of drug-likeness (QED) is 0.475. The molecule has 3 heteroatoms. The molecule has 0 saturated heterocycles. The van der Waals surface area contributed by atoms with E-state index in [1.807, 2.05) is 18.2 Å². The molecule has 0 N–H and O–H groups in total. The van der Waals surface area contributed by atoms with Gasteiger partial charge in [-0.1, -0.05) is 95.8 Å². The van der Waals surface area contributed by atoms with E-state index in [0.717, 1.165) is 6.42 Å². The first-order chi connectivity index (χ1) is 10.0. The number of halogens is 3. The molecule has 0 aliphatic heterocycles. The van der Waals surface area contributed by atoms with E-state index in [2.05, 4.69) is 60.1 Å². The fourth-order valence-electron chi connectivity index (χ4n) is 2.61. The molecule has 3 unspecified atom stereocenters. The number of hydrogen-bond donors (Lipinski definition) is 0. The lowest BCUT2D eigenvalue weighted by Gasteiger charge is -2.29. The molecule has 2 aromatic carbocycles. The van der Waals surface area contributed by atoms with E-state index in [9.17, 15) is 0 Å². The van der Waals surface area contributed by atoms with E-state index >= 15 is 0 Å². The molecule has 0 aromatic heterocycles. The van der Waals surface area contributed by atoms with Crippen molar-refractivity contribution in [2.45, 2.75) is 31.0 Å². The Labute approximate surface area is 145 Å². The van der Waals surface area contributed by atoms with Gasteiger partial charge in [-0.15, -0.1) is 0 Å². The first-order valence-electron chi connectivity index (χ1n) is 7.18. The SMILES string of the molecule is CCC(C)C(c1ccccc1)C(Br)c1ccc(Cl)c(Cl)c1. The van der Waals surface area contributed by atoms with E-state index in [-0.39, 0.29) is 4.83 Å². The third-order valence-electron chi connectivity index (χ3n) is 4.02. The molecule has 0 aliphatic carbocycles. The summed E-state index contributed by atoms with van der Waals surface area (Å²) in [5.41, 5.74) is 2.51. The molecule has 2 rings (SSSR count). The number of rotatable bonds is 5. The molecule has 0 radical (unpaired) electrons. The highest BCUT2D eigenvalue weighted by molar-refractivity contribution is 9.09. The minimum absolute atomic E-state index is 0.213. The maximum Gasteiger partial charge on any atom is 0.0595 e. The lowest BCUT2D eigenvalue weighted by atomic mass is 9.81. The first-order valence-corrected chi connectivity index (χ1v) is 8.85. The van der Waals surface area contributed by atoms with Crippen molar-refractivity contribution >= 4 is 39.1 Å². The summed E-state index contributed by atoms with van der Waals surface area (Å²) < 4.78 is 0. The minimum Gasteiger partial charge on any atom is -0.0832 e. The Morgan fingerprint density at radius 3 is 2.19 bits per heavy atom. The molecule has 3 atom stereocenters. The van der Waals surface area contributed by atoms with Crippen molar-refractivity contribution in [3.05, 3.63) is 69.7 Å². The Morgan fingerprint density at radius 2 is 1.62 bits per heavy atom. The zero-order valence-corrected chi connectivity index (χ0v) is 15.3. The van der Waals surface area contributed by atoms with Gasteiger partial charge in [-0.3, -0.25) is 0 Å². The van der Waals surface area contributed by atoms with Gasteiger partial charge in [-0.25, -0.2) is 0 Å². The highest BCUT2D eigenvalue weighted by Gasteiger charge is 2.27. The van der Waals surface area contributed by atoms with Crippen LogP contribution in [0.15, 0.2) is 48.5 Å². The lowest BCUT2D eigenvalue weighted by molar-refractivity contribution is 0.440. The molecular weight excluding hydrogens is 367 g/mol. The van der Waals surface area contributed by atoms with Crippen LogP contribution in [0.4, 0.5) is 0 Å². The van der Waals surface area contributed by atoms with E-state index < -0.39 is 0 Å². The second-order valence-electron chi connectivity index (χ2n) is 5.40. The fourth-order valence-corrected chi connectivity index (χ4v) is 4.02. The van der Waals surface area contributed by atoms with Crippen molar-refractivity contribution in [2.24, 2.45) is 5.92 Å². The number of hydrogen-bond acceptors (Lipinski definition) is 0. The van der Waals surface area contributed by atoms with Crippen LogP contribution in [0.3, 0.4) is 0 Å². The van der Waals surface area contributed by atoms with E-state index in [1.165, 1.54) is 11.1 Å². The topological polar surface area (TPSA) is 0 Å². The monoisotopic (exact) mass is 384 g/mol. The van der Waals surface area contributed by atoms with E-state index in [1.54, 1.807) is 0 Å². The summed E-state index contributed by atoms with van der Waals surface area (Å²) in [6, 6.07) is 16.5. The molecule has 0 nitrogen and oxygen atoms in total. The van der Waals surface area contributed by atoms with Crippen LogP contribution < -0.4 is 0 Å². The molecule has 112 valence electrons. The van der Waals surface area contributed by atoms with Crippen LogP contribution in [0, 0.1) is 5.92 Å². The van der Waals surface area contributed by atoms with E-state index in [0.29, 0.717) is 21.9 Å². The van der Waals surface area contributed by atoms with Crippen molar-refractivity contribution in [1.82, 2.24) is 0 Å². The molecule has 0 fully saturated rings. The van der Waals surface area contributed by atoms with Crippen LogP contribution in [0.2, 0.25) is 10.0 Å². The third-order valence-corrected chi connectivity index (χ3v) is 5.86. The van der Waals surface area contributed by atoms with Crippen molar-refractivity contribution < 1.29 is 0 Å². The normalized spacial score (nSPS) is 15.5. The van der Waals surface area contributed by atoms with Crippen molar-refractivity contribution in [3.8, 4) is 0 Å². The van der Waals surface area contributed by atoms with Gasteiger partial charge in [0.05, 0.1) is 10.0 Å². The highest BCUT2D eigenvalue weighted by atomic mass is 79.9. The van der Waals surface area contributed by atoms with Gasteiger partial charge < -0.3 is 0 Å². The van der Waals surface area contributed by atoms with Crippen molar-refractivity contribution in [2.75, 3.05) is 0 Å². The van der Waals surface area contributed by atoms with Crippen LogP contribution in [0.5, 0.6) is 0 Å². The summed E-state index contributed by atoms with van der Waals surface area (Å²) in [5.74, 6) is 0.958. The molecule has 2 aromatic rings. The average molecular weight is 386 g/mol. The van der Waals surface area contributed by atoms with Crippen LogP contribution >= 0.6 is 39.1 Å². The second-order valence-corrected chi connectivity index (χ2v) is 7.20. The van der Waals surface area contributed by atoms with Gasteiger partial charge in [-0.05, 0) is 29.2 Å². The minimum atomic E-state index is 0.213. The van der Waals surface area contributed by atoms with Gasteiger partial charge in [0, 0.05) is 10.7 Å². The van der Waals surface area contributed by atoms with Crippen LogP contribution in [-0.4, -0.2) is 0 Å². The zero-order chi connectivity index (χ0) is 15.4. The van der Waals surface area contributed by atoms with Gasteiger partial charge in [-0.2, -0.15) is 0 Å². The van der Waals surface area contributed by atoms with Gasteiger partial charge in [0.1, 0.15) is 0 Å². The van der Waals surface area contributed by atoms with Gasteiger partial charge in [0.2, 0.25) is 0 Å². The predicted molar refractivity (Wildman–Crippen MR) is 96.8 cm³/mol. The summed E-state index contributed by atoms with van der Waals surface area (Å²) in [5, 5.41) is 1.20. The summed E-state index contributed by atoms with van der Waals surface area (Å²) in [6.07, 6.45) is 1.13. The standard InChI is InChI=1S/C18H19BrCl2/c1-3-12(2)17(13-7-5-4-6-8-13)18(19)14-9-10-15(20)16(21)11-14/h4-12,17-18H,3H2,1-2H3. The molecule has 0 spiro atoms. The Bertz CT molecular complexity index is 583. The number of alkyl halides is 1. The molecule has 0 bridgehead atoms. The Hall–Kier alpha value is -0.500. The van der Waals surface area contributed by atoms with Crippen molar-refractivity contribution in [3.63, 3.8) is 0 Å². The molecule has 0 amide bonds. The smallest absolute Gasteiger partial charge is 0.0595 e. The van der Waals surface area contributed by atoms with Crippen LogP contribution in [-0.2, 0) is 0 Å². The largest absolute Gasteiger partial charge is 0.0832 e. The maximum absolute atomic E-state index is 6.17. The Kier molecular flexibility index (Phi) is 6.16. The lowest BCUT2D eigenvalue weighted by Crippen LogP contribution is -2.14. The van der Waals surface area contributed by atoms with E-state index in [4.69, 9.17) is 23.2 Å².